The normalized spacial score (nSPS) is 10.6. The number of rotatable bonds is 0. The predicted octanol–water partition coefficient (Wildman–Crippen LogP) is 3.10. The highest BCUT2D eigenvalue weighted by molar-refractivity contribution is 6.83. The highest BCUT2D eigenvalue weighted by Crippen LogP contribution is 2.10. The first-order chi connectivity index (χ1) is 6.38. The van der Waals surface area contributed by atoms with Crippen molar-refractivity contribution >= 4 is 19.7 Å². The summed E-state index contributed by atoms with van der Waals surface area (Å²) >= 11 is 5.52. The number of hydrogen-bond acceptors (Lipinski definition) is 1. The Morgan fingerprint density at radius 1 is 1.43 bits per heavy atom. The van der Waals surface area contributed by atoms with Crippen molar-refractivity contribution in [2.75, 3.05) is 0 Å². The van der Waals surface area contributed by atoms with Crippen molar-refractivity contribution in [3.8, 4) is 11.5 Å². The first kappa shape index (κ1) is 11.2. The molecule has 1 rings (SSSR count). The summed E-state index contributed by atoms with van der Waals surface area (Å²) in [5, 5.41) is 0.154. The zero-order valence-corrected chi connectivity index (χ0v) is 10.1. The van der Waals surface area contributed by atoms with Gasteiger partial charge in [0.1, 0.15) is 19.0 Å². The van der Waals surface area contributed by atoms with Crippen LogP contribution in [-0.2, 0) is 0 Å². The maximum atomic E-state index is 13.2. The summed E-state index contributed by atoms with van der Waals surface area (Å²) in [5.41, 5.74) is 3.38. The third-order valence-corrected chi connectivity index (χ3v) is 2.47. The maximum Gasteiger partial charge on any atom is 0.143 e. The second kappa shape index (κ2) is 4.12. The monoisotopic (exact) mass is 227 g/mol. The smallest absolute Gasteiger partial charge is 0.143 e. The van der Waals surface area contributed by atoms with Gasteiger partial charge in [-0.25, -0.2) is 9.37 Å². The number of pyridine rings is 1. The molecule has 0 aliphatic rings. The second-order valence-corrected chi connectivity index (χ2v) is 9.12. The van der Waals surface area contributed by atoms with Gasteiger partial charge in [-0.3, -0.25) is 0 Å². The molecular weight excluding hydrogens is 217 g/mol. The van der Waals surface area contributed by atoms with Crippen molar-refractivity contribution in [3.05, 3.63) is 28.8 Å². The van der Waals surface area contributed by atoms with Gasteiger partial charge in [-0.2, -0.15) is 0 Å². The third-order valence-electron chi connectivity index (χ3n) is 1.39. The molecule has 0 aromatic carbocycles. The Hall–Kier alpha value is -0.853. The molecule has 4 heteroatoms. The lowest BCUT2D eigenvalue weighted by Gasteiger charge is -2.03. The molecule has 1 aromatic heterocycles. The van der Waals surface area contributed by atoms with Crippen molar-refractivity contribution in [1.29, 1.82) is 0 Å². The van der Waals surface area contributed by atoms with Crippen LogP contribution in [0.1, 0.15) is 5.56 Å². The van der Waals surface area contributed by atoms with Gasteiger partial charge in [0.15, 0.2) is 0 Å². The summed E-state index contributed by atoms with van der Waals surface area (Å²) in [7, 11) is -1.47. The van der Waals surface area contributed by atoms with E-state index in [9.17, 15) is 4.39 Å². The molecule has 1 nitrogen and oxygen atoms in total. The van der Waals surface area contributed by atoms with E-state index in [1.807, 2.05) is 0 Å². The van der Waals surface area contributed by atoms with Crippen LogP contribution in [-0.4, -0.2) is 13.1 Å². The van der Waals surface area contributed by atoms with Gasteiger partial charge < -0.3 is 0 Å². The SMILES string of the molecule is C[Si](C)(C)C#Cc1cnc(Cl)cc1F. The van der Waals surface area contributed by atoms with E-state index in [1.54, 1.807) is 0 Å². The van der Waals surface area contributed by atoms with Crippen molar-refractivity contribution in [2.45, 2.75) is 19.6 Å². The highest BCUT2D eigenvalue weighted by atomic mass is 35.5. The average Bonchev–Trinajstić information content (AvgIpc) is 2.00. The van der Waals surface area contributed by atoms with Gasteiger partial charge in [-0.05, 0) is 0 Å². The van der Waals surface area contributed by atoms with Crippen LogP contribution >= 0.6 is 11.6 Å². The third kappa shape index (κ3) is 3.49. The molecule has 0 radical (unpaired) electrons. The Kier molecular flexibility index (Phi) is 3.30. The Morgan fingerprint density at radius 3 is 2.57 bits per heavy atom. The summed E-state index contributed by atoms with van der Waals surface area (Å²) < 4.78 is 13.2. The molecule has 0 spiro atoms. The van der Waals surface area contributed by atoms with E-state index in [1.165, 1.54) is 12.3 Å². The predicted molar refractivity (Wildman–Crippen MR) is 59.4 cm³/mol. The number of hydrogen-bond donors (Lipinski definition) is 0. The molecule has 0 aliphatic heterocycles. The van der Waals surface area contributed by atoms with Gasteiger partial charge in [0, 0.05) is 12.3 Å². The van der Waals surface area contributed by atoms with Gasteiger partial charge in [0.05, 0.1) is 5.56 Å². The van der Waals surface area contributed by atoms with Crippen LogP contribution in [0.25, 0.3) is 0 Å². The van der Waals surface area contributed by atoms with Crippen molar-refractivity contribution in [1.82, 2.24) is 4.98 Å². The van der Waals surface area contributed by atoms with E-state index in [0.29, 0.717) is 5.56 Å². The number of aromatic nitrogens is 1. The van der Waals surface area contributed by atoms with E-state index in [0.717, 1.165) is 0 Å². The Morgan fingerprint density at radius 2 is 2.07 bits per heavy atom. The molecule has 0 bridgehead atoms. The molecule has 0 saturated heterocycles. The van der Waals surface area contributed by atoms with Gasteiger partial charge in [-0.1, -0.05) is 37.2 Å². The Bertz CT molecular complexity index is 401. The average molecular weight is 228 g/mol. The van der Waals surface area contributed by atoms with E-state index in [2.05, 4.69) is 36.1 Å². The van der Waals surface area contributed by atoms with Crippen molar-refractivity contribution in [2.24, 2.45) is 0 Å². The first-order valence-electron chi connectivity index (χ1n) is 4.23. The minimum Gasteiger partial charge on any atom is -0.243 e. The van der Waals surface area contributed by atoms with Crippen LogP contribution in [0.4, 0.5) is 4.39 Å². The van der Waals surface area contributed by atoms with Gasteiger partial charge in [0.2, 0.25) is 0 Å². The van der Waals surface area contributed by atoms with Gasteiger partial charge >= 0.3 is 0 Å². The molecule has 0 N–H and O–H groups in total. The lowest BCUT2D eigenvalue weighted by Crippen LogP contribution is -2.16. The molecule has 0 fully saturated rings. The summed E-state index contributed by atoms with van der Waals surface area (Å²) in [6, 6.07) is 1.18. The van der Waals surface area contributed by atoms with Gasteiger partial charge in [-0.15, -0.1) is 5.54 Å². The van der Waals surface area contributed by atoms with Crippen LogP contribution in [0.3, 0.4) is 0 Å². The van der Waals surface area contributed by atoms with Crippen LogP contribution in [0.2, 0.25) is 24.8 Å². The minimum absolute atomic E-state index is 0.154. The standard InChI is InChI=1S/C10H11ClFNSi/c1-14(2,3)5-4-8-7-13-10(11)6-9(8)12/h6-7H,1-3H3. The quantitative estimate of drug-likeness (QED) is 0.377. The van der Waals surface area contributed by atoms with Crippen molar-refractivity contribution < 1.29 is 4.39 Å². The van der Waals surface area contributed by atoms with Crippen LogP contribution in [0, 0.1) is 17.3 Å². The van der Waals surface area contributed by atoms with Crippen LogP contribution in [0.15, 0.2) is 12.3 Å². The Labute approximate surface area is 89.3 Å². The zero-order chi connectivity index (χ0) is 10.8. The fraction of sp³-hybridized carbons (Fsp3) is 0.300. The summed E-state index contributed by atoms with van der Waals surface area (Å²) in [5.74, 6) is 2.39. The van der Waals surface area contributed by atoms with Crippen LogP contribution in [0.5, 0.6) is 0 Å². The number of halogens is 2. The molecule has 74 valence electrons. The molecule has 14 heavy (non-hydrogen) atoms. The summed E-state index contributed by atoms with van der Waals surface area (Å²) in [6.45, 7) is 6.30. The fourth-order valence-electron chi connectivity index (χ4n) is 0.754. The van der Waals surface area contributed by atoms with E-state index < -0.39 is 13.9 Å². The molecule has 0 aliphatic carbocycles. The van der Waals surface area contributed by atoms with Crippen LogP contribution < -0.4 is 0 Å². The van der Waals surface area contributed by atoms with E-state index in [-0.39, 0.29) is 5.15 Å². The summed E-state index contributed by atoms with van der Waals surface area (Å²) in [6.07, 6.45) is 1.37. The molecule has 0 atom stereocenters. The molecule has 0 unspecified atom stereocenters. The topological polar surface area (TPSA) is 12.9 Å². The summed E-state index contributed by atoms with van der Waals surface area (Å²) in [4.78, 5) is 3.78. The fourth-order valence-corrected chi connectivity index (χ4v) is 1.41. The molecular formula is C10H11ClFNSi. The lowest BCUT2D eigenvalue weighted by molar-refractivity contribution is 0.622. The molecule has 1 aromatic rings. The van der Waals surface area contributed by atoms with Crippen molar-refractivity contribution in [3.63, 3.8) is 0 Å². The molecule has 1 heterocycles. The maximum absolute atomic E-state index is 13.2. The molecule has 0 amide bonds. The zero-order valence-electron chi connectivity index (χ0n) is 8.36. The van der Waals surface area contributed by atoms with Gasteiger partial charge in [0.25, 0.3) is 0 Å². The largest absolute Gasteiger partial charge is 0.243 e. The van der Waals surface area contributed by atoms with E-state index in [4.69, 9.17) is 11.6 Å². The second-order valence-electron chi connectivity index (χ2n) is 3.99. The molecule has 0 saturated carbocycles. The first-order valence-corrected chi connectivity index (χ1v) is 8.10. The highest BCUT2D eigenvalue weighted by Gasteiger charge is 2.08. The minimum atomic E-state index is -1.47. The lowest BCUT2D eigenvalue weighted by atomic mass is 10.3. The Balaban J connectivity index is 3.02. The van der Waals surface area contributed by atoms with E-state index >= 15 is 0 Å². The number of nitrogens with zero attached hydrogens (tertiary/aromatic N) is 1.